The Balaban J connectivity index is 1.29. The molecule has 2 aromatic carbocycles. The number of halogens is 7. The van der Waals surface area contributed by atoms with Crippen molar-refractivity contribution < 1.29 is 39.6 Å². The van der Waals surface area contributed by atoms with Gasteiger partial charge in [-0.2, -0.15) is 19.0 Å². The van der Waals surface area contributed by atoms with Crippen molar-refractivity contribution in [2.45, 2.75) is 82.1 Å². The molecule has 1 saturated carbocycles. The second-order valence-corrected chi connectivity index (χ2v) is 18.9. The molecular weight excluding hydrogens is 844 g/mol. The van der Waals surface area contributed by atoms with E-state index < -0.39 is 93.0 Å². The van der Waals surface area contributed by atoms with Crippen molar-refractivity contribution in [3.8, 4) is 23.0 Å². The lowest BCUT2D eigenvalue weighted by molar-refractivity contribution is -0.120. The Bertz CT molecular complexity index is 2930. The summed E-state index contributed by atoms with van der Waals surface area (Å²) in [6.07, 6.45) is 0.726. The summed E-state index contributed by atoms with van der Waals surface area (Å²) in [5, 5.41) is 8.88. The largest absolute Gasteiger partial charge is 0.319 e. The maximum Gasteiger partial charge on any atom is 0.293 e. The molecule has 0 N–H and O–H groups in total. The smallest absolute Gasteiger partial charge is 0.293 e. The molecule has 2 aliphatic carbocycles. The number of rotatable bonds is 12. The molecule has 4 heterocycles. The van der Waals surface area contributed by atoms with Crippen LogP contribution in [0.2, 0.25) is 5.02 Å². The van der Waals surface area contributed by atoms with Gasteiger partial charge in [0.2, 0.25) is 0 Å². The number of benzene rings is 2. The van der Waals surface area contributed by atoms with Crippen molar-refractivity contribution in [2.75, 3.05) is 6.26 Å². The quantitative estimate of drug-likeness (QED) is 0.0892. The Morgan fingerprint density at radius 3 is 2.41 bits per heavy atom. The summed E-state index contributed by atoms with van der Waals surface area (Å²) in [5.41, 5.74) is -0.415. The Morgan fingerprint density at radius 1 is 1.05 bits per heavy atom. The predicted molar refractivity (Wildman–Crippen MR) is 215 cm³/mol. The van der Waals surface area contributed by atoms with Gasteiger partial charge < -0.3 is 4.57 Å². The van der Waals surface area contributed by atoms with E-state index in [0.717, 1.165) is 18.4 Å². The topological polar surface area (TPSA) is 118 Å². The van der Waals surface area contributed by atoms with E-state index in [1.807, 2.05) is 25.3 Å². The molecule has 0 amide bonds. The zero-order valence-electron chi connectivity index (χ0n) is 33.5. The lowest BCUT2D eigenvalue weighted by Crippen LogP contribution is -2.24. The van der Waals surface area contributed by atoms with E-state index >= 15 is 8.78 Å². The van der Waals surface area contributed by atoms with Gasteiger partial charge in [0.15, 0.2) is 15.6 Å². The number of sulfone groups is 1. The van der Waals surface area contributed by atoms with E-state index in [1.165, 1.54) is 4.68 Å². The minimum Gasteiger partial charge on any atom is -0.319 e. The minimum atomic E-state index is -3.57. The molecular formula is C43H38ClF6N7O3S. The number of ketones is 1. The fourth-order valence-corrected chi connectivity index (χ4v) is 9.68. The highest BCUT2D eigenvalue weighted by molar-refractivity contribution is 7.89. The molecule has 61 heavy (non-hydrogen) atoms. The lowest BCUT2D eigenvalue weighted by Gasteiger charge is -2.22. The first-order valence-electron chi connectivity index (χ1n) is 19.2. The summed E-state index contributed by atoms with van der Waals surface area (Å²) >= 11 is 6.69. The van der Waals surface area contributed by atoms with E-state index in [4.69, 9.17) is 16.6 Å². The molecule has 0 saturated heterocycles. The van der Waals surface area contributed by atoms with Crippen LogP contribution in [0.1, 0.15) is 90.4 Å². The summed E-state index contributed by atoms with van der Waals surface area (Å²) in [6.45, 7) is 4.80. The van der Waals surface area contributed by atoms with E-state index in [2.05, 4.69) is 27.0 Å². The first kappa shape index (κ1) is 42.2. The summed E-state index contributed by atoms with van der Waals surface area (Å²) in [4.78, 5) is 23.5. The monoisotopic (exact) mass is 881 g/mol. The number of alkyl halides is 4. The van der Waals surface area contributed by atoms with Gasteiger partial charge in [0, 0.05) is 72.1 Å². The van der Waals surface area contributed by atoms with Crippen LogP contribution in [0.5, 0.6) is 0 Å². The summed E-state index contributed by atoms with van der Waals surface area (Å²) < 4.78 is 118. The predicted octanol–water partition coefficient (Wildman–Crippen LogP) is 8.73. The molecule has 3 atom stereocenters. The number of fused-ring (bicyclic) bond motifs is 4. The number of aryl methyl sites for hydroxylation is 2. The first-order valence-corrected chi connectivity index (χ1v) is 21.7. The van der Waals surface area contributed by atoms with E-state index in [9.17, 15) is 30.8 Å². The van der Waals surface area contributed by atoms with Crippen LogP contribution in [0.15, 0.2) is 54.9 Å². The van der Waals surface area contributed by atoms with Gasteiger partial charge in [0.1, 0.15) is 46.6 Å². The highest BCUT2D eigenvalue weighted by Gasteiger charge is 2.67. The van der Waals surface area contributed by atoms with Gasteiger partial charge in [-0.15, -0.1) is 0 Å². The number of carbonyl (C=O) groups excluding carboxylic acids is 1. The number of aromatic nitrogens is 7. The van der Waals surface area contributed by atoms with Crippen LogP contribution in [0.3, 0.4) is 0 Å². The van der Waals surface area contributed by atoms with Crippen molar-refractivity contribution in [2.24, 2.45) is 13.0 Å². The van der Waals surface area contributed by atoms with E-state index in [0.29, 0.717) is 38.6 Å². The molecule has 0 spiro atoms. The van der Waals surface area contributed by atoms with Crippen molar-refractivity contribution in [1.82, 2.24) is 34.1 Å². The van der Waals surface area contributed by atoms with Gasteiger partial charge in [-0.05, 0) is 81.3 Å². The Labute approximate surface area is 351 Å². The lowest BCUT2D eigenvalue weighted by atomic mass is 9.86. The molecule has 0 radical (unpaired) electrons. The molecule has 2 aliphatic rings. The maximum atomic E-state index is 15.5. The molecule has 8 rings (SSSR count). The zero-order chi connectivity index (χ0) is 43.9. The summed E-state index contributed by atoms with van der Waals surface area (Å²) in [5.74, 6) is -2.27. The van der Waals surface area contributed by atoms with Crippen LogP contribution < -0.4 is 0 Å². The Morgan fingerprint density at radius 2 is 1.75 bits per heavy atom. The number of carbonyl (C=O) groups is 1. The third kappa shape index (κ3) is 7.96. The van der Waals surface area contributed by atoms with Crippen LogP contribution in [-0.2, 0) is 51.9 Å². The van der Waals surface area contributed by atoms with Crippen molar-refractivity contribution in [3.63, 3.8) is 0 Å². The number of hydrogen-bond donors (Lipinski definition) is 0. The van der Waals surface area contributed by atoms with Crippen molar-refractivity contribution in [1.29, 1.82) is 0 Å². The molecule has 0 aliphatic heterocycles. The van der Waals surface area contributed by atoms with E-state index in [-0.39, 0.29) is 46.1 Å². The zero-order valence-corrected chi connectivity index (χ0v) is 35.0. The third-order valence-electron chi connectivity index (χ3n) is 11.3. The average Bonchev–Trinajstić information content (AvgIpc) is 3.37. The average molecular weight is 882 g/mol. The fourth-order valence-electron chi connectivity index (χ4n) is 8.72. The van der Waals surface area contributed by atoms with Crippen LogP contribution in [0, 0.1) is 36.3 Å². The first-order chi connectivity index (χ1) is 28.6. The van der Waals surface area contributed by atoms with E-state index in [1.54, 1.807) is 43.7 Å². The highest BCUT2D eigenvalue weighted by atomic mass is 35.5. The number of nitrogens with zero attached hydrogens (tertiary/aromatic N) is 7. The molecule has 10 nitrogen and oxygen atoms in total. The standard InChI is InChI=1S/C43H38ClF6N7O3S/c1-22-51-12-13-56(22)42(2,3)11-10-27-6-7-29(30-8-9-33(44)36-34(21-61(5,59)60)53-55(4)39(30)36)37(52-27)24(14-23-15-25(45)18-26(46)16-23)17-28(58)20-57-40-35(38(54-57)41(47)48)31-19-32(31)43(40,49)50/h6-9,12-13,15-16,18,24,31-32,41H,14,17,19-21H2,1-5H3/t24-,31+,32-/m1/s1. The van der Waals surface area contributed by atoms with Gasteiger partial charge in [-0.25, -0.2) is 35.9 Å². The maximum absolute atomic E-state index is 15.5. The van der Waals surface area contributed by atoms with Crippen molar-refractivity contribution in [3.05, 3.63) is 117 Å². The van der Waals surface area contributed by atoms with Crippen LogP contribution in [0.25, 0.3) is 22.0 Å². The van der Waals surface area contributed by atoms with Gasteiger partial charge in [-0.3, -0.25) is 14.2 Å². The number of hydrogen-bond acceptors (Lipinski definition) is 7. The SMILES string of the molecule is Cc1nccn1C(C)(C)C#Cc1ccc(-c2ccc(Cl)c3c(CS(C)(=O)=O)nn(C)c23)c([C@@H](CC(=O)Cn2nc(C(F)F)c3c2C(F)(F)[C@@H]2C[C@H]32)Cc2cc(F)cc(F)c2)n1. The Kier molecular flexibility index (Phi) is 10.5. The summed E-state index contributed by atoms with van der Waals surface area (Å²) in [7, 11) is -1.97. The normalized spacial score (nSPS) is 17.3. The molecule has 6 aromatic rings. The van der Waals surface area contributed by atoms with Gasteiger partial charge in [0.05, 0.1) is 27.7 Å². The highest BCUT2D eigenvalue weighted by Crippen LogP contribution is 2.68. The van der Waals surface area contributed by atoms with Crippen LogP contribution in [-0.4, -0.2) is 54.6 Å². The fraction of sp³-hybridized carbons (Fsp3) is 0.372. The molecule has 1 fully saturated rings. The third-order valence-corrected chi connectivity index (χ3v) is 12.4. The van der Waals surface area contributed by atoms with Gasteiger partial charge >= 0.3 is 0 Å². The van der Waals surface area contributed by atoms with Crippen molar-refractivity contribution >= 4 is 38.1 Å². The number of pyridine rings is 1. The van der Waals surface area contributed by atoms with Crippen LogP contribution >= 0.6 is 11.6 Å². The number of Topliss-reactive ketones (excluding diaryl/α,β-unsaturated/α-hetero) is 1. The summed E-state index contributed by atoms with van der Waals surface area (Å²) in [6, 6.07) is 9.45. The van der Waals surface area contributed by atoms with Gasteiger partial charge in [-0.1, -0.05) is 23.6 Å². The number of imidazole rings is 1. The second-order valence-electron chi connectivity index (χ2n) is 16.3. The molecule has 4 aromatic heterocycles. The molecule has 0 bridgehead atoms. The molecule has 0 unspecified atom stereocenters. The Hall–Kier alpha value is -5.47. The second kappa shape index (κ2) is 15.2. The molecule has 318 valence electrons. The molecule has 18 heteroatoms. The van der Waals surface area contributed by atoms with Crippen LogP contribution in [0.4, 0.5) is 26.3 Å². The van der Waals surface area contributed by atoms with Gasteiger partial charge in [0.25, 0.3) is 12.3 Å². The minimum absolute atomic E-state index is 0.0444.